The van der Waals surface area contributed by atoms with E-state index in [2.05, 4.69) is 15.0 Å². The first-order valence-corrected chi connectivity index (χ1v) is 5.59. The van der Waals surface area contributed by atoms with Gasteiger partial charge < -0.3 is 4.74 Å². The third kappa shape index (κ3) is 1.76. The molecule has 0 radical (unpaired) electrons. The molecular weight excluding hydrogens is 202 g/mol. The number of nitrogens with zero attached hydrogens (tertiary/aromatic N) is 3. The molecule has 1 saturated heterocycles. The average Bonchev–Trinajstić information content (AvgIpc) is 2.39. The van der Waals surface area contributed by atoms with E-state index in [1.54, 1.807) is 6.20 Å². The summed E-state index contributed by atoms with van der Waals surface area (Å²) >= 11 is 0. The van der Waals surface area contributed by atoms with Gasteiger partial charge in [-0.15, -0.1) is 0 Å². The lowest BCUT2D eigenvalue weighted by atomic mass is 9.99. The van der Waals surface area contributed by atoms with E-state index in [9.17, 15) is 0 Å². The van der Waals surface area contributed by atoms with Gasteiger partial charge in [0.05, 0.1) is 0 Å². The smallest absolute Gasteiger partial charge is 0.162 e. The van der Waals surface area contributed by atoms with Crippen LogP contribution in [0.3, 0.4) is 0 Å². The average molecular weight is 215 g/mol. The van der Waals surface area contributed by atoms with Gasteiger partial charge in [-0.3, -0.25) is 0 Å². The Balaban J connectivity index is 1.97. The molecule has 3 heterocycles. The summed E-state index contributed by atoms with van der Waals surface area (Å²) in [5.74, 6) is 1.34. The molecule has 4 nitrogen and oxygen atoms in total. The Bertz CT molecular complexity index is 494. The van der Waals surface area contributed by atoms with Gasteiger partial charge in [0.15, 0.2) is 5.65 Å². The van der Waals surface area contributed by atoms with Crippen LogP contribution in [0.1, 0.15) is 24.6 Å². The lowest BCUT2D eigenvalue weighted by molar-refractivity contribution is 0.0836. The molecule has 0 unspecified atom stereocenters. The third-order valence-electron chi connectivity index (χ3n) is 2.96. The molecule has 0 amide bonds. The van der Waals surface area contributed by atoms with Crippen molar-refractivity contribution in [1.29, 1.82) is 0 Å². The Labute approximate surface area is 93.7 Å². The predicted molar refractivity (Wildman–Crippen MR) is 60.1 cm³/mol. The Hall–Kier alpha value is -1.55. The maximum atomic E-state index is 5.34. The molecule has 0 spiro atoms. The number of aromatic nitrogens is 3. The zero-order chi connectivity index (χ0) is 10.8. The monoisotopic (exact) mass is 215 g/mol. The van der Waals surface area contributed by atoms with Crippen molar-refractivity contribution >= 4 is 11.0 Å². The van der Waals surface area contributed by atoms with E-state index < -0.39 is 0 Å². The zero-order valence-electron chi connectivity index (χ0n) is 8.97. The first-order valence-electron chi connectivity index (χ1n) is 5.59. The number of hydrogen-bond donors (Lipinski definition) is 0. The first kappa shape index (κ1) is 9.66. The van der Waals surface area contributed by atoms with Gasteiger partial charge in [-0.05, 0) is 25.0 Å². The van der Waals surface area contributed by atoms with E-state index in [4.69, 9.17) is 4.74 Å². The molecule has 0 bridgehead atoms. The van der Waals surface area contributed by atoms with Crippen molar-refractivity contribution in [2.75, 3.05) is 13.2 Å². The minimum atomic E-state index is 0.431. The van der Waals surface area contributed by atoms with Gasteiger partial charge in [0.2, 0.25) is 0 Å². The summed E-state index contributed by atoms with van der Waals surface area (Å²) in [5.41, 5.74) is 0.791. The molecule has 0 N–H and O–H groups in total. The highest BCUT2D eigenvalue weighted by Gasteiger charge is 2.18. The van der Waals surface area contributed by atoms with Crippen molar-refractivity contribution < 1.29 is 4.74 Å². The van der Waals surface area contributed by atoms with E-state index in [1.165, 1.54) is 0 Å². The summed E-state index contributed by atoms with van der Waals surface area (Å²) in [6.07, 6.45) is 5.65. The van der Waals surface area contributed by atoms with Crippen LogP contribution >= 0.6 is 0 Å². The van der Waals surface area contributed by atoms with Gasteiger partial charge in [0, 0.05) is 36.9 Å². The number of ether oxygens (including phenoxy) is 1. The Kier molecular flexibility index (Phi) is 2.50. The fraction of sp³-hybridized carbons (Fsp3) is 0.417. The van der Waals surface area contributed by atoms with Crippen LogP contribution in [0, 0.1) is 0 Å². The van der Waals surface area contributed by atoms with E-state index in [-0.39, 0.29) is 0 Å². The van der Waals surface area contributed by atoms with Crippen LogP contribution in [-0.4, -0.2) is 28.2 Å². The highest BCUT2D eigenvalue weighted by Crippen LogP contribution is 2.24. The second kappa shape index (κ2) is 4.14. The summed E-state index contributed by atoms with van der Waals surface area (Å²) in [6.45, 7) is 1.63. The van der Waals surface area contributed by atoms with Gasteiger partial charge in [-0.1, -0.05) is 0 Å². The molecule has 3 rings (SSSR count). The minimum absolute atomic E-state index is 0.431. The zero-order valence-corrected chi connectivity index (χ0v) is 8.97. The van der Waals surface area contributed by atoms with Crippen molar-refractivity contribution in [1.82, 2.24) is 15.0 Å². The number of hydrogen-bond acceptors (Lipinski definition) is 4. The Morgan fingerprint density at radius 2 is 2.06 bits per heavy atom. The van der Waals surface area contributed by atoms with Crippen LogP contribution in [-0.2, 0) is 4.74 Å². The van der Waals surface area contributed by atoms with Crippen LogP contribution in [0.2, 0.25) is 0 Å². The van der Waals surface area contributed by atoms with Crippen molar-refractivity contribution in [2.45, 2.75) is 18.8 Å². The standard InChI is InChI=1S/C12H13N3O/c1-2-10-8-14-11(15-12(10)13-5-1)9-3-6-16-7-4-9/h1-2,5,8-9H,3-4,6-7H2. The maximum absolute atomic E-state index is 5.34. The Morgan fingerprint density at radius 1 is 1.19 bits per heavy atom. The van der Waals surface area contributed by atoms with E-state index in [1.807, 2.05) is 18.3 Å². The fourth-order valence-electron chi connectivity index (χ4n) is 2.03. The second-order valence-corrected chi connectivity index (χ2v) is 4.03. The van der Waals surface area contributed by atoms with Crippen LogP contribution < -0.4 is 0 Å². The van der Waals surface area contributed by atoms with E-state index >= 15 is 0 Å². The molecule has 0 aliphatic carbocycles. The van der Waals surface area contributed by atoms with Crippen molar-refractivity contribution in [2.24, 2.45) is 0 Å². The molecular formula is C12H13N3O. The van der Waals surface area contributed by atoms with E-state index in [0.29, 0.717) is 5.92 Å². The van der Waals surface area contributed by atoms with Crippen molar-refractivity contribution in [3.8, 4) is 0 Å². The minimum Gasteiger partial charge on any atom is -0.381 e. The summed E-state index contributed by atoms with van der Waals surface area (Å²) in [6, 6.07) is 3.88. The van der Waals surface area contributed by atoms with Gasteiger partial charge in [-0.25, -0.2) is 15.0 Å². The molecule has 2 aromatic heterocycles. The van der Waals surface area contributed by atoms with Crippen LogP contribution in [0.25, 0.3) is 11.0 Å². The predicted octanol–water partition coefficient (Wildman–Crippen LogP) is 1.92. The molecule has 16 heavy (non-hydrogen) atoms. The number of rotatable bonds is 1. The highest BCUT2D eigenvalue weighted by atomic mass is 16.5. The lowest BCUT2D eigenvalue weighted by Crippen LogP contribution is -2.16. The fourth-order valence-corrected chi connectivity index (χ4v) is 2.03. The second-order valence-electron chi connectivity index (χ2n) is 4.03. The van der Waals surface area contributed by atoms with Gasteiger partial charge in [0.25, 0.3) is 0 Å². The van der Waals surface area contributed by atoms with Crippen LogP contribution in [0.5, 0.6) is 0 Å². The Morgan fingerprint density at radius 3 is 2.94 bits per heavy atom. The molecule has 2 aromatic rings. The van der Waals surface area contributed by atoms with Gasteiger partial charge in [-0.2, -0.15) is 0 Å². The topological polar surface area (TPSA) is 47.9 Å². The summed E-state index contributed by atoms with van der Waals surface area (Å²) in [7, 11) is 0. The summed E-state index contributed by atoms with van der Waals surface area (Å²) in [4.78, 5) is 13.2. The number of pyridine rings is 1. The van der Waals surface area contributed by atoms with Crippen molar-refractivity contribution in [3.05, 3.63) is 30.4 Å². The molecule has 4 heteroatoms. The molecule has 1 aliphatic heterocycles. The quantitative estimate of drug-likeness (QED) is 0.729. The molecule has 0 atom stereocenters. The van der Waals surface area contributed by atoms with Crippen LogP contribution in [0.15, 0.2) is 24.5 Å². The lowest BCUT2D eigenvalue weighted by Gasteiger charge is -2.20. The van der Waals surface area contributed by atoms with E-state index in [0.717, 1.165) is 42.9 Å². The maximum Gasteiger partial charge on any atom is 0.162 e. The third-order valence-corrected chi connectivity index (χ3v) is 2.96. The molecule has 1 fully saturated rings. The van der Waals surface area contributed by atoms with Crippen molar-refractivity contribution in [3.63, 3.8) is 0 Å². The summed E-state index contributed by atoms with van der Waals surface area (Å²) < 4.78 is 5.34. The molecule has 0 aromatic carbocycles. The SMILES string of the molecule is c1cnc2nc(C3CCOCC3)ncc2c1. The van der Waals surface area contributed by atoms with Gasteiger partial charge in [0.1, 0.15) is 5.82 Å². The largest absolute Gasteiger partial charge is 0.381 e. The highest BCUT2D eigenvalue weighted by molar-refractivity contribution is 5.72. The molecule has 1 aliphatic rings. The van der Waals surface area contributed by atoms with Gasteiger partial charge >= 0.3 is 0 Å². The van der Waals surface area contributed by atoms with Crippen LogP contribution in [0.4, 0.5) is 0 Å². The number of fused-ring (bicyclic) bond motifs is 1. The normalized spacial score (nSPS) is 17.8. The summed E-state index contributed by atoms with van der Waals surface area (Å²) in [5, 5.41) is 0.998. The molecule has 82 valence electrons. The first-order chi connectivity index (χ1) is 7.93. The molecule has 0 saturated carbocycles.